The molecule has 1 N–H and O–H groups in total. The number of carbonyl (C=O) groups is 2. The molecular formula is C27H30FN3O4. The van der Waals surface area contributed by atoms with E-state index >= 15 is 0 Å². The fourth-order valence-electron chi connectivity index (χ4n) is 5.36. The van der Waals surface area contributed by atoms with E-state index in [4.69, 9.17) is 9.15 Å². The Labute approximate surface area is 203 Å². The largest absolute Gasteiger partial charge is 0.494 e. The monoisotopic (exact) mass is 479 g/mol. The van der Waals surface area contributed by atoms with Crippen LogP contribution >= 0.6 is 0 Å². The van der Waals surface area contributed by atoms with Crippen molar-refractivity contribution in [3.05, 3.63) is 59.7 Å². The van der Waals surface area contributed by atoms with Crippen LogP contribution in [0.1, 0.15) is 55.9 Å². The molecule has 0 radical (unpaired) electrons. The molecule has 7 nitrogen and oxygen atoms in total. The number of hydrogen-bond acceptors (Lipinski definition) is 5. The van der Waals surface area contributed by atoms with Gasteiger partial charge in [-0.1, -0.05) is 18.2 Å². The topological polar surface area (TPSA) is 84.7 Å². The first kappa shape index (κ1) is 23.3. The zero-order chi connectivity index (χ0) is 24.4. The number of halogens is 1. The highest BCUT2D eigenvalue weighted by atomic mass is 19.1. The van der Waals surface area contributed by atoms with E-state index in [1.165, 1.54) is 13.2 Å². The number of fused-ring (bicyclic) bond motifs is 1. The molecule has 0 saturated carbocycles. The van der Waals surface area contributed by atoms with Gasteiger partial charge in [-0.05, 0) is 61.9 Å². The van der Waals surface area contributed by atoms with Crippen molar-refractivity contribution in [1.29, 1.82) is 0 Å². The van der Waals surface area contributed by atoms with Gasteiger partial charge in [0.15, 0.2) is 23.0 Å². The van der Waals surface area contributed by atoms with Crippen LogP contribution in [0, 0.1) is 5.82 Å². The van der Waals surface area contributed by atoms with Gasteiger partial charge < -0.3 is 19.4 Å². The number of benzene rings is 2. The van der Waals surface area contributed by atoms with Crippen LogP contribution in [0.25, 0.3) is 11.1 Å². The zero-order valence-corrected chi connectivity index (χ0v) is 19.9. The van der Waals surface area contributed by atoms with Crippen LogP contribution in [-0.2, 0) is 16.0 Å². The van der Waals surface area contributed by atoms with Gasteiger partial charge in [-0.25, -0.2) is 9.37 Å². The van der Waals surface area contributed by atoms with Crippen molar-refractivity contribution in [3.8, 4) is 5.75 Å². The first-order valence-corrected chi connectivity index (χ1v) is 12.2. The number of rotatable bonds is 7. The fourth-order valence-corrected chi connectivity index (χ4v) is 5.36. The normalized spacial score (nSPS) is 22.4. The van der Waals surface area contributed by atoms with Crippen molar-refractivity contribution in [2.24, 2.45) is 0 Å². The molecule has 2 atom stereocenters. The van der Waals surface area contributed by atoms with Crippen molar-refractivity contribution in [3.63, 3.8) is 0 Å². The molecule has 2 aliphatic rings. The molecule has 0 aliphatic carbocycles. The summed E-state index contributed by atoms with van der Waals surface area (Å²) in [5, 5.41) is 3.11. The Morgan fingerprint density at radius 1 is 1.31 bits per heavy atom. The van der Waals surface area contributed by atoms with Crippen LogP contribution in [0.5, 0.6) is 5.75 Å². The molecule has 0 spiro atoms. The maximum absolute atomic E-state index is 13.9. The summed E-state index contributed by atoms with van der Waals surface area (Å²) in [6.45, 7) is 1.30. The molecule has 3 heterocycles. The number of carbonyl (C=O) groups excluding carboxylic acids is 2. The molecule has 2 amide bonds. The van der Waals surface area contributed by atoms with Crippen LogP contribution in [0.15, 0.2) is 46.9 Å². The van der Waals surface area contributed by atoms with E-state index in [9.17, 15) is 14.0 Å². The van der Waals surface area contributed by atoms with Crippen LogP contribution < -0.4 is 10.1 Å². The molecule has 2 aromatic carbocycles. The Hall–Kier alpha value is -3.42. The van der Waals surface area contributed by atoms with Gasteiger partial charge in [-0.15, -0.1) is 0 Å². The fraction of sp³-hybridized carbons (Fsp3) is 0.444. The highest BCUT2D eigenvalue weighted by molar-refractivity contribution is 5.80. The summed E-state index contributed by atoms with van der Waals surface area (Å²) in [4.78, 5) is 31.9. The molecule has 0 unspecified atom stereocenters. The van der Waals surface area contributed by atoms with Crippen LogP contribution in [-0.4, -0.2) is 47.4 Å². The average molecular weight is 480 g/mol. The third kappa shape index (κ3) is 5.01. The number of ether oxygens (including phenoxy) is 1. The van der Waals surface area contributed by atoms with E-state index < -0.39 is 11.4 Å². The summed E-state index contributed by atoms with van der Waals surface area (Å²) in [7, 11) is 1.43. The Kier molecular flexibility index (Phi) is 6.45. The number of nitrogens with one attached hydrogen (secondary N) is 1. The Morgan fingerprint density at radius 3 is 2.94 bits per heavy atom. The maximum Gasteiger partial charge on any atom is 0.222 e. The number of likely N-dealkylation sites (tertiary alicyclic amines) is 1. The second-order valence-electron chi connectivity index (χ2n) is 9.67. The van der Waals surface area contributed by atoms with Gasteiger partial charge in [0.25, 0.3) is 0 Å². The van der Waals surface area contributed by atoms with E-state index in [0.29, 0.717) is 51.1 Å². The van der Waals surface area contributed by atoms with Crippen LogP contribution in [0.3, 0.4) is 0 Å². The molecule has 2 fully saturated rings. The van der Waals surface area contributed by atoms with Crippen molar-refractivity contribution in [2.45, 2.75) is 56.4 Å². The number of methoxy groups -OCH3 is 1. The summed E-state index contributed by atoms with van der Waals surface area (Å²) in [5.41, 5.74) is 1.95. The third-order valence-corrected chi connectivity index (χ3v) is 7.24. The number of nitrogens with zero attached hydrogens (tertiary/aromatic N) is 2. The number of piperidine rings is 1. The molecule has 1 aromatic heterocycles. The molecule has 5 rings (SSSR count). The SMILES string of the molecule is COc1cc(C[C@@]2(CCC(=O)N3CCC[C@@H](c4nc5ccccc5o4)C3)CCC(=O)N2)ccc1F. The lowest BCUT2D eigenvalue weighted by Crippen LogP contribution is -2.45. The molecule has 35 heavy (non-hydrogen) atoms. The minimum Gasteiger partial charge on any atom is -0.494 e. The number of aromatic nitrogens is 1. The summed E-state index contributed by atoms with van der Waals surface area (Å²) in [6, 6.07) is 12.5. The van der Waals surface area contributed by atoms with Gasteiger partial charge in [0, 0.05) is 31.5 Å². The Morgan fingerprint density at radius 2 is 2.17 bits per heavy atom. The van der Waals surface area contributed by atoms with E-state index in [2.05, 4.69) is 10.3 Å². The van der Waals surface area contributed by atoms with E-state index in [0.717, 1.165) is 29.5 Å². The summed E-state index contributed by atoms with van der Waals surface area (Å²) < 4.78 is 24.9. The Balaban J connectivity index is 1.25. The first-order chi connectivity index (χ1) is 16.9. The first-order valence-electron chi connectivity index (χ1n) is 12.2. The van der Waals surface area contributed by atoms with E-state index in [1.54, 1.807) is 12.1 Å². The highest BCUT2D eigenvalue weighted by Gasteiger charge is 2.39. The van der Waals surface area contributed by atoms with Crippen molar-refractivity contribution >= 4 is 22.9 Å². The molecule has 0 bridgehead atoms. The van der Waals surface area contributed by atoms with Crippen molar-refractivity contribution < 1.29 is 23.1 Å². The Bertz CT molecular complexity index is 1210. The second kappa shape index (κ2) is 9.68. The summed E-state index contributed by atoms with van der Waals surface area (Å²) >= 11 is 0. The number of hydrogen-bond donors (Lipinski definition) is 1. The predicted octanol–water partition coefficient (Wildman–Crippen LogP) is 4.35. The average Bonchev–Trinajstić information content (AvgIpc) is 3.47. The standard InChI is InChI=1S/C27H30FN3O4/c1-34-23-15-18(8-9-20(23)28)16-27(12-10-24(32)30-27)13-11-25(33)31-14-4-5-19(17-31)26-29-21-6-2-3-7-22(21)35-26/h2-3,6-9,15,19H,4-5,10-14,16-17H2,1H3,(H,30,32)/t19-,27+/m1/s1. The highest BCUT2D eigenvalue weighted by Crippen LogP contribution is 2.33. The molecule has 2 saturated heterocycles. The minimum atomic E-state index is -0.523. The van der Waals surface area contributed by atoms with Crippen LogP contribution in [0.2, 0.25) is 0 Å². The van der Waals surface area contributed by atoms with Gasteiger partial charge in [0.1, 0.15) is 5.52 Å². The van der Waals surface area contributed by atoms with Gasteiger partial charge >= 0.3 is 0 Å². The molecule has 8 heteroatoms. The van der Waals surface area contributed by atoms with Crippen molar-refractivity contribution in [1.82, 2.24) is 15.2 Å². The molecular weight excluding hydrogens is 449 g/mol. The molecule has 184 valence electrons. The molecule has 2 aliphatic heterocycles. The van der Waals surface area contributed by atoms with E-state index in [-0.39, 0.29) is 23.5 Å². The third-order valence-electron chi connectivity index (χ3n) is 7.24. The number of para-hydroxylation sites is 2. The van der Waals surface area contributed by atoms with Gasteiger partial charge in [-0.3, -0.25) is 9.59 Å². The second-order valence-corrected chi connectivity index (χ2v) is 9.67. The predicted molar refractivity (Wildman–Crippen MR) is 129 cm³/mol. The zero-order valence-electron chi connectivity index (χ0n) is 19.9. The lowest BCUT2D eigenvalue weighted by Gasteiger charge is -2.34. The lowest BCUT2D eigenvalue weighted by atomic mass is 9.84. The van der Waals surface area contributed by atoms with E-state index in [1.807, 2.05) is 29.2 Å². The quantitative estimate of drug-likeness (QED) is 0.545. The summed E-state index contributed by atoms with van der Waals surface area (Å²) in [5.74, 6) is 0.579. The van der Waals surface area contributed by atoms with Gasteiger partial charge in [0.05, 0.1) is 13.0 Å². The maximum atomic E-state index is 13.9. The van der Waals surface area contributed by atoms with Crippen LogP contribution in [0.4, 0.5) is 4.39 Å². The van der Waals surface area contributed by atoms with Gasteiger partial charge in [0.2, 0.25) is 11.8 Å². The van der Waals surface area contributed by atoms with Gasteiger partial charge in [-0.2, -0.15) is 0 Å². The smallest absolute Gasteiger partial charge is 0.222 e. The summed E-state index contributed by atoms with van der Waals surface area (Å²) in [6.07, 6.45) is 4.28. The number of amides is 2. The minimum absolute atomic E-state index is 0.0134. The van der Waals surface area contributed by atoms with Crippen molar-refractivity contribution in [2.75, 3.05) is 20.2 Å². The lowest BCUT2D eigenvalue weighted by molar-refractivity contribution is -0.133. The number of oxazole rings is 1. The molecule has 3 aromatic rings.